The molecular formula is C14H24N2. The maximum Gasteiger partial charge on any atom is 0.0364 e. The highest BCUT2D eigenvalue weighted by atomic mass is 15.1. The molecule has 0 bridgehead atoms. The molecule has 1 unspecified atom stereocenters. The third-order valence-electron chi connectivity index (χ3n) is 2.89. The number of anilines is 1. The Labute approximate surface area is 99.5 Å². The van der Waals surface area contributed by atoms with Crippen LogP contribution in [-0.2, 0) is 0 Å². The summed E-state index contributed by atoms with van der Waals surface area (Å²) in [6.45, 7) is 7.30. The van der Waals surface area contributed by atoms with Crippen molar-refractivity contribution in [1.29, 1.82) is 0 Å². The average molecular weight is 220 g/mol. The van der Waals surface area contributed by atoms with E-state index in [1.165, 1.54) is 11.3 Å². The van der Waals surface area contributed by atoms with Gasteiger partial charge in [-0.15, -0.1) is 0 Å². The van der Waals surface area contributed by atoms with E-state index in [-0.39, 0.29) is 5.54 Å². The van der Waals surface area contributed by atoms with Gasteiger partial charge in [0.1, 0.15) is 0 Å². The predicted molar refractivity (Wildman–Crippen MR) is 71.9 cm³/mol. The molecule has 0 aliphatic heterocycles. The molecule has 0 spiro atoms. The molecule has 0 saturated carbocycles. The van der Waals surface area contributed by atoms with Crippen LogP contribution in [0.3, 0.4) is 0 Å². The van der Waals surface area contributed by atoms with Crippen molar-refractivity contribution in [3.63, 3.8) is 0 Å². The molecule has 1 rings (SSSR count). The highest BCUT2D eigenvalue weighted by Crippen LogP contribution is 2.17. The van der Waals surface area contributed by atoms with Crippen LogP contribution in [0.5, 0.6) is 0 Å². The van der Waals surface area contributed by atoms with Crippen LogP contribution in [0.15, 0.2) is 24.3 Å². The molecule has 1 aromatic rings. The van der Waals surface area contributed by atoms with Gasteiger partial charge in [-0.3, -0.25) is 0 Å². The van der Waals surface area contributed by atoms with Gasteiger partial charge in [-0.2, -0.15) is 0 Å². The second-order valence-corrected chi connectivity index (χ2v) is 5.10. The Morgan fingerprint density at radius 2 is 1.81 bits per heavy atom. The molecular weight excluding hydrogens is 196 g/mol. The number of nitrogens with two attached hydrogens (primary N) is 1. The minimum Gasteiger partial charge on any atom is -0.373 e. The van der Waals surface area contributed by atoms with E-state index < -0.39 is 0 Å². The van der Waals surface area contributed by atoms with Crippen molar-refractivity contribution >= 4 is 5.69 Å². The molecule has 1 aromatic carbocycles. The summed E-state index contributed by atoms with van der Waals surface area (Å²) < 4.78 is 0. The molecule has 2 N–H and O–H groups in total. The second-order valence-electron chi connectivity index (χ2n) is 5.10. The lowest BCUT2D eigenvalue weighted by Gasteiger charge is -2.31. The molecule has 0 saturated heterocycles. The Morgan fingerprint density at radius 3 is 2.31 bits per heavy atom. The Morgan fingerprint density at radius 1 is 1.25 bits per heavy atom. The number of hydrogen-bond donors (Lipinski definition) is 1. The highest BCUT2D eigenvalue weighted by molar-refractivity contribution is 5.47. The lowest BCUT2D eigenvalue weighted by atomic mass is 9.97. The summed E-state index contributed by atoms with van der Waals surface area (Å²) in [5.41, 5.74) is 8.68. The zero-order valence-electron chi connectivity index (χ0n) is 11.0. The lowest BCUT2D eigenvalue weighted by molar-refractivity contribution is 0.430. The van der Waals surface area contributed by atoms with E-state index in [9.17, 15) is 0 Å². The molecule has 2 nitrogen and oxygen atoms in total. The smallest absolute Gasteiger partial charge is 0.0364 e. The monoisotopic (exact) mass is 220 g/mol. The van der Waals surface area contributed by atoms with E-state index in [0.29, 0.717) is 0 Å². The zero-order valence-corrected chi connectivity index (χ0v) is 11.0. The van der Waals surface area contributed by atoms with Crippen LogP contribution >= 0.6 is 0 Å². The molecule has 0 aromatic heterocycles. The Kier molecular flexibility index (Phi) is 4.36. The average Bonchev–Trinajstić information content (AvgIpc) is 2.17. The summed E-state index contributed by atoms with van der Waals surface area (Å²) in [5.74, 6) is 0. The van der Waals surface area contributed by atoms with Gasteiger partial charge < -0.3 is 10.6 Å². The Hall–Kier alpha value is -1.02. The molecule has 0 fully saturated rings. The zero-order chi connectivity index (χ0) is 12.2. The fourth-order valence-corrected chi connectivity index (χ4v) is 2.08. The van der Waals surface area contributed by atoms with Gasteiger partial charge in [-0.1, -0.05) is 31.0 Å². The summed E-state index contributed by atoms with van der Waals surface area (Å²) in [7, 11) is 2.10. The predicted octanol–water partition coefficient (Wildman–Crippen LogP) is 2.95. The summed E-state index contributed by atoms with van der Waals surface area (Å²) in [5, 5.41) is 0. The molecule has 90 valence electrons. The summed E-state index contributed by atoms with van der Waals surface area (Å²) >= 11 is 0. The molecule has 16 heavy (non-hydrogen) atoms. The van der Waals surface area contributed by atoms with Crippen molar-refractivity contribution in [2.24, 2.45) is 5.73 Å². The first-order valence-electron chi connectivity index (χ1n) is 6.01. The normalized spacial score (nSPS) is 14.6. The molecule has 0 heterocycles. The number of rotatable bonds is 5. The van der Waals surface area contributed by atoms with Crippen LogP contribution in [0.1, 0.15) is 32.3 Å². The first kappa shape index (κ1) is 13.0. The molecule has 2 heteroatoms. The third-order valence-corrected chi connectivity index (χ3v) is 2.89. The molecule has 0 radical (unpaired) electrons. The van der Waals surface area contributed by atoms with Gasteiger partial charge in [0.25, 0.3) is 0 Å². The minimum atomic E-state index is -0.103. The van der Waals surface area contributed by atoms with Crippen molar-refractivity contribution in [1.82, 2.24) is 0 Å². The largest absolute Gasteiger partial charge is 0.373 e. The van der Waals surface area contributed by atoms with Crippen LogP contribution in [0.2, 0.25) is 0 Å². The van der Waals surface area contributed by atoms with Gasteiger partial charge in [0.05, 0.1) is 0 Å². The van der Waals surface area contributed by atoms with E-state index in [1.807, 2.05) is 0 Å². The quantitative estimate of drug-likeness (QED) is 0.826. The first-order chi connectivity index (χ1) is 7.44. The van der Waals surface area contributed by atoms with Crippen LogP contribution in [0.25, 0.3) is 0 Å². The van der Waals surface area contributed by atoms with Crippen LogP contribution in [0.4, 0.5) is 5.69 Å². The number of aryl methyl sites for hydroxylation is 1. The lowest BCUT2D eigenvalue weighted by Crippen LogP contribution is -2.46. The third kappa shape index (κ3) is 3.86. The van der Waals surface area contributed by atoms with Crippen molar-refractivity contribution in [3.8, 4) is 0 Å². The molecule has 0 amide bonds. The van der Waals surface area contributed by atoms with Crippen LogP contribution in [0, 0.1) is 6.92 Å². The van der Waals surface area contributed by atoms with E-state index in [0.717, 1.165) is 19.4 Å². The second kappa shape index (κ2) is 5.35. The van der Waals surface area contributed by atoms with Crippen molar-refractivity contribution in [2.45, 2.75) is 39.2 Å². The van der Waals surface area contributed by atoms with Crippen LogP contribution in [-0.4, -0.2) is 19.1 Å². The van der Waals surface area contributed by atoms with E-state index in [1.54, 1.807) is 0 Å². The van der Waals surface area contributed by atoms with Crippen molar-refractivity contribution < 1.29 is 0 Å². The fourth-order valence-electron chi connectivity index (χ4n) is 2.08. The Balaban J connectivity index is 2.64. The van der Waals surface area contributed by atoms with Crippen LogP contribution < -0.4 is 10.6 Å². The molecule has 0 aliphatic carbocycles. The SMILES string of the molecule is CCCC(C)(N)CN(C)c1ccc(C)cc1. The van der Waals surface area contributed by atoms with Gasteiger partial charge >= 0.3 is 0 Å². The fraction of sp³-hybridized carbons (Fsp3) is 0.571. The van der Waals surface area contributed by atoms with Gasteiger partial charge in [0, 0.05) is 24.8 Å². The summed E-state index contributed by atoms with van der Waals surface area (Å²) in [4.78, 5) is 2.23. The topological polar surface area (TPSA) is 29.3 Å². The molecule has 1 atom stereocenters. The maximum atomic E-state index is 6.25. The number of hydrogen-bond acceptors (Lipinski definition) is 2. The first-order valence-corrected chi connectivity index (χ1v) is 6.01. The van der Waals surface area contributed by atoms with Crippen molar-refractivity contribution in [2.75, 3.05) is 18.5 Å². The van der Waals surface area contributed by atoms with Crippen molar-refractivity contribution in [3.05, 3.63) is 29.8 Å². The number of benzene rings is 1. The standard InChI is InChI=1S/C14H24N2/c1-5-10-14(3,15)11-16(4)13-8-6-12(2)7-9-13/h6-9H,5,10-11,15H2,1-4H3. The van der Waals surface area contributed by atoms with Gasteiger partial charge in [-0.05, 0) is 32.4 Å². The molecule has 0 aliphatic rings. The van der Waals surface area contributed by atoms with E-state index in [4.69, 9.17) is 5.73 Å². The van der Waals surface area contributed by atoms with Gasteiger partial charge in [-0.25, -0.2) is 0 Å². The number of nitrogens with zero attached hydrogens (tertiary/aromatic N) is 1. The highest BCUT2D eigenvalue weighted by Gasteiger charge is 2.19. The van der Waals surface area contributed by atoms with Gasteiger partial charge in [0.2, 0.25) is 0 Å². The van der Waals surface area contributed by atoms with Gasteiger partial charge in [0.15, 0.2) is 0 Å². The summed E-state index contributed by atoms with van der Waals surface area (Å²) in [6, 6.07) is 8.58. The maximum absolute atomic E-state index is 6.25. The minimum absolute atomic E-state index is 0.103. The van der Waals surface area contributed by atoms with E-state index in [2.05, 4.69) is 57.0 Å². The summed E-state index contributed by atoms with van der Waals surface area (Å²) in [6.07, 6.45) is 2.19. The Bertz CT molecular complexity index is 314. The van der Waals surface area contributed by atoms with E-state index >= 15 is 0 Å². The number of likely N-dealkylation sites (N-methyl/N-ethyl adjacent to an activating group) is 1.